The molecule has 0 aliphatic rings. The molecule has 0 saturated carbocycles. The Morgan fingerprint density at radius 2 is 2.21 bits per heavy atom. The quantitative estimate of drug-likeness (QED) is 0.774. The first-order valence-electron chi connectivity index (χ1n) is 5.04. The molecule has 0 amide bonds. The Hall–Kier alpha value is -0.340. The standard InChI is InChI=1S/C12H17BrO/c1-3-10(2)8-14-9-11-5-4-6-12(13)7-11/h4-7,10H,3,8-9H2,1-2H3. The van der Waals surface area contributed by atoms with Crippen LogP contribution in [0.1, 0.15) is 25.8 Å². The van der Waals surface area contributed by atoms with Gasteiger partial charge < -0.3 is 4.74 Å². The molecule has 0 N–H and O–H groups in total. The van der Waals surface area contributed by atoms with E-state index in [0.29, 0.717) is 12.5 Å². The van der Waals surface area contributed by atoms with Crippen LogP contribution in [0.15, 0.2) is 28.7 Å². The topological polar surface area (TPSA) is 9.23 Å². The molecule has 78 valence electrons. The zero-order chi connectivity index (χ0) is 10.4. The predicted molar refractivity (Wildman–Crippen MR) is 63.3 cm³/mol. The van der Waals surface area contributed by atoms with E-state index in [1.54, 1.807) is 0 Å². The fourth-order valence-corrected chi connectivity index (χ4v) is 1.57. The minimum Gasteiger partial charge on any atom is -0.376 e. The average molecular weight is 257 g/mol. The Balaban J connectivity index is 2.31. The van der Waals surface area contributed by atoms with Crippen LogP contribution >= 0.6 is 15.9 Å². The van der Waals surface area contributed by atoms with Crippen molar-refractivity contribution in [2.45, 2.75) is 26.9 Å². The van der Waals surface area contributed by atoms with E-state index in [-0.39, 0.29) is 0 Å². The van der Waals surface area contributed by atoms with Gasteiger partial charge in [0.15, 0.2) is 0 Å². The van der Waals surface area contributed by atoms with Gasteiger partial charge in [-0.05, 0) is 23.6 Å². The molecular weight excluding hydrogens is 240 g/mol. The van der Waals surface area contributed by atoms with Crippen molar-refractivity contribution in [2.75, 3.05) is 6.61 Å². The Kier molecular flexibility index (Phi) is 5.20. The van der Waals surface area contributed by atoms with Crippen LogP contribution in [-0.2, 0) is 11.3 Å². The number of ether oxygens (including phenoxy) is 1. The predicted octanol–water partition coefficient (Wildman–Crippen LogP) is 4.01. The normalized spacial score (nSPS) is 12.8. The van der Waals surface area contributed by atoms with Crippen molar-refractivity contribution in [3.8, 4) is 0 Å². The Labute approximate surface area is 94.6 Å². The van der Waals surface area contributed by atoms with Crippen molar-refractivity contribution >= 4 is 15.9 Å². The van der Waals surface area contributed by atoms with Crippen LogP contribution in [-0.4, -0.2) is 6.61 Å². The van der Waals surface area contributed by atoms with E-state index in [9.17, 15) is 0 Å². The summed E-state index contributed by atoms with van der Waals surface area (Å²) in [7, 11) is 0. The van der Waals surface area contributed by atoms with Crippen molar-refractivity contribution < 1.29 is 4.74 Å². The SMILES string of the molecule is CCC(C)COCc1cccc(Br)c1. The maximum Gasteiger partial charge on any atom is 0.0717 e. The van der Waals surface area contributed by atoms with Crippen LogP contribution < -0.4 is 0 Å². The van der Waals surface area contributed by atoms with Gasteiger partial charge in [0.25, 0.3) is 0 Å². The maximum atomic E-state index is 5.61. The van der Waals surface area contributed by atoms with Gasteiger partial charge in [0, 0.05) is 11.1 Å². The second kappa shape index (κ2) is 6.20. The molecule has 1 aromatic rings. The van der Waals surface area contributed by atoms with Crippen molar-refractivity contribution in [1.82, 2.24) is 0 Å². The van der Waals surface area contributed by atoms with Crippen LogP contribution in [0, 0.1) is 5.92 Å². The number of benzene rings is 1. The fraction of sp³-hybridized carbons (Fsp3) is 0.500. The largest absolute Gasteiger partial charge is 0.376 e. The minimum atomic E-state index is 0.655. The number of hydrogen-bond donors (Lipinski definition) is 0. The van der Waals surface area contributed by atoms with E-state index in [0.717, 1.165) is 11.1 Å². The lowest BCUT2D eigenvalue weighted by atomic mass is 10.1. The third-order valence-corrected chi connectivity index (χ3v) is 2.75. The number of halogens is 1. The van der Waals surface area contributed by atoms with Crippen LogP contribution in [0.4, 0.5) is 0 Å². The first-order valence-corrected chi connectivity index (χ1v) is 5.84. The van der Waals surface area contributed by atoms with Crippen molar-refractivity contribution in [2.24, 2.45) is 5.92 Å². The van der Waals surface area contributed by atoms with Gasteiger partial charge in [-0.25, -0.2) is 0 Å². The van der Waals surface area contributed by atoms with Gasteiger partial charge in [0.05, 0.1) is 6.61 Å². The summed E-state index contributed by atoms with van der Waals surface area (Å²) in [5.41, 5.74) is 1.22. The van der Waals surface area contributed by atoms with Gasteiger partial charge in [-0.2, -0.15) is 0 Å². The molecule has 1 aromatic carbocycles. The molecule has 0 heterocycles. The highest BCUT2D eigenvalue weighted by atomic mass is 79.9. The summed E-state index contributed by atoms with van der Waals surface area (Å²) in [5, 5.41) is 0. The molecule has 0 bridgehead atoms. The van der Waals surface area contributed by atoms with Gasteiger partial charge in [-0.3, -0.25) is 0 Å². The monoisotopic (exact) mass is 256 g/mol. The molecule has 0 radical (unpaired) electrons. The van der Waals surface area contributed by atoms with Crippen LogP contribution in [0.3, 0.4) is 0 Å². The lowest BCUT2D eigenvalue weighted by Gasteiger charge is -2.09. The van der Waals surface area contributed by atoms with E-state index in [2.05, 4.69) is 41.9 Å². The average Bonchev–Trinajstić information content (AvgIpc) is 2.17. The van der Waals surface area contributed by atoms with Crippen molar-refractivity contribution in [1.29, 1.82) is 0 Å². The molecule has 0 aliphatic heterocycles. The van der Waals surface area contributed by atoms with Crippen molar-refractivity contribution in [3.63, 3.8) is 0 Å². The summed E-state index contributed by atoms with van der Waals surface area (Å²) in [4.78, 5) is 0. The molecule has 0 spiro atoms. The maximum absolute atomic E-state index is 5.61. The molecule has 0 aliphatic carbocycles. The molecular formula is C12H17BrO. The summed E-state index contributed by atoms with van der Waals surface area (Å²) in [6.45, 7) is 5.96. The highest BCUT2D eigenvalue weighted by Crippen LogP contribution is 2.12. The molecule has 1 atom stereocenters. The van der Waals surface area contributed by atoms with E-state index >= 15 is 0 Å². The second-order valence-corrected chi connectivity index (χ2v) is 4.57. The number of rotatable bonds is 5. The summed E-state index contributed by atoms with van der Waals surface area (Å²) < 4.78 is 6.72. The van der Waals surface area contributed by atoms with E-state index in [1.807, 2.05) is 12.1 Å². The molecule has 0 saturated heterocycles. The van der Waals surface area contributed by atoms with Gasteiger partial charge >= 0.3 is 0 Å². The van der Waals surface area contributed by atoms with Crippen LogP contribution in [0.25, 0.3) is 0 Å². The van der Waals surface area contributed by atoms with Crippen LogP contribution in [0.5, 0.6) is 0 Å². The molecule has 0 fully saturated rings. The second-order valence-electron chi connectivity index (χ2n) is 3.66. The molecule has 1 nitrogen and oxygen atoms in total. The molecule has 2 heteroatoms. The van der Waals surface area contributed by atoms with E-state index in [1.165, 1.54) is 12.0 Å². The zero-order valence-corrected chi connectivity index (χ0v) is 10.4. The lowest BCUT2D eigenvalue weighted by molar-refractivity contribution is 0.0910. The zero-order valence-electron chi connectivity index (χ0n) is 8.79. The Bertz CT molecular complexity index is 273. The van der Waals surface area contributed by atoms with E-state index in [4.69, 9.17) is 4.74 Å². The fourth-order valence-electron chi connectivity index (χ4n) is 1.12. The third kappa shape index (κ3) is 4.25. The van der Waals surface area contributed by atoms with Crippen LogP contribution in [0.2, 0.25) is 0 Å². The van der Waals surface area contributed by atoms with Gasteiger partial charge in [-0.15, -0.1) is 0 Å². The van der Waals surface area contributed by atoms with Gasteiger partial charge in [0.2, 0.25) is 0 Å². The lowest BCUT2D eigenvalue weighted by Crippen LogP contribution is -2.04. The first-order chi connectivity index (χ1) is 6.72. The van der Waals surface area contributed by atoms with Crippen molar-refractivity contribution in [3.05, 3.63) is 34.3 Å². The summed E-state index contributed by atoms with van der Waals surface area (Å²) in [6.07, 6.45) is 1.18. The minimum absolute atomic E-state index is 0.655. The Morgan fingerprint density at radius 1 is 1.43 bits per heavy atom. The summed E-state index contributed by atoms with van der Waals surface area (Å²) in [6, 6.07) is 8.24. The molecule has 1 rings (SSSR count). The van der Waals surface area contributed by atoms with Gasteiger partial charge in [0.1, 0.15) is 0 Å². The summed E-state index contributed by atoms with van der Waals surface area (Å²) >= 11 is 3.44. The summed E-state index contributed by atoms with van der Waals surface area (Å²) in [5.74, 6) is 0.655. The third-order valence-electron chi connectivity index (χ3n) is 2.26. The molecule has 0 aromatic heterocycles. The molecule has 14 heavy (non-hydrogen) atoms. The highest BCUT2D eigenvalue weighted by molar-refractivity contribution is 9.10. The van der Waals surface area contributed by atoms with E-state index < -0.39 is 0 Å². The number of hydrogen-bond acceptors (Lipinski definition) is 1. The van der Waals surface area contributed by atoms with Gasteiger partial charge in [-0.1, -0.05) is 48.3 Å². The Morgan fingerprint density at radius 3 is 2.86 bits per heavy atom. The first kappa shape index (κ1) is 11.7. The smallest absolute Gasteiger partial charge is 0.0717 e. The molecule has 1 unspecified atom stereocenters. The highest BCUT2D eigenvalue weighted by Gasteiger charge is 1.99.